The molecule has 2 aromatic rings. The van der Waals surface area contributed by atoms with E-state index in [-0.39, 0.29) is 5.82 Å². The molecule has 78 valence electrons. The van der Waals surface area contributed by atoms with Crippen LogP contribution in [0.2, 0.25) is 0 Å². The number of aromatic nitrogens is 2. The molecule has 0 saturated carbocycles. The van der Waals surface area contributed by atoms with Crippen molar-refractivity contribution >= 4 is 11.6 Å². The third-order valence-electron chi connectivity index (χ3n) is 2.20. The van der Waals surface area contributed by atoms with E-state index >= 15 is 0 Å². The van der Waals surface area contributed by atoms with E-state index in [0.717, 1.165) is 11.3 Å². The molecular formula is C11H10ClFN2. The molecule has 15 heavy (non-hydrogen) atoms. The van der Waals surface area contributed by atoms with Crippen LogP contribution in [0.1, 0.15) is 11.3 Å². The van der Waals surface area contributed by atoms with Crippen LogP contribution in [0, 0.1) is 5.82 Å². The lowest BCUT2D eigenvalue weighted by Crippen LogP contribution is -2.01. The molecule has 0 aliphatic heterocycles. The average Bonchev–Trinajstić information content (AvgIpc) is 2.69. The Bertz CT molecular complexity index is 436. The van der Waals surface area contributed by atoms with Crippen molar-refractivity contribution in [1.82, 2.24) is 9.55 Å². The standard InChI is InChI=1S/C11H10ClFN2/c12-5-11-6-14-8-15(11)7-9-1-3-10(13)4-2-9/h1-4,6,8H,5,7H2. The number of nitrogens with zero attached hydrogens (tertiary/aromatic N) is 2. The van der Waals surface area contributed by atoms with Gasteiger partial charge in [0.2, 0.25) is 0 Å². The average molecular weight is 225 g/mol. The molecule has 0 fully saturated rings. The van der Waals surface area contributed by atoms with Gasteiger partial charge in [0.15, 0.2) is 0 Å². The summed E-state index contributed by atoms with van der Waals surface area (Å²) in [5, 5.41) is 0. The molecule has 0 atom stereocenters. The van der Waals surface area contributed by atoms with E-state index in [0.29, 0.717) is 12.4 Å². The molecule has 0 aliphatic rings. The van der Waals surface area contributed by atoms with Crippen molar-refractivity contribution in [2.24, 2.45) is 0 Å². The molecule has 0 saturated heterocycles. The molecular weight excluding hydrogens is 215 g/mol. The third kappa shape index (κ3) is 2.36. The molecule has 2 rings (SSSR count). The van der Waals surface area contributed by atoms with Crippen LogP contribution in [0.25, 0.3) is 0 Å². The highest BCUT2D eigenvalue weighted by molar-refractivity contribution is 6.16. The van der Waals surface area contributed by atoms with Gasteiger partial charge in [-0.2, -0.15) is 0 Å². The van der Waals surface area contributed by atoms with E-state index in [1.807, 2.05) is 4.57 Å². The second-order valence-electron chi connectivity index (χ2n) is 3.27. The van der Waals surface area contributed by atoms with Gasteiger partial charge in [0.05, 0.1) is 17.9 Å². The Balaban J connectivity index is 2.18. The van der Waals surface area contributed by atoms with Gasteiger partial charge in [-0.25, -0.2) is 9.37 Å². The molecule has 2 nitrogen and oxygen atoms in total. The van der Waals surface area contributed by atoms with Crippen molar-refractivity contribution in [2.75, 3.05) is 0 Å². The summed E-state index contributed by atoms with van der Waals surface area (Å²) in [6.07, 6.45) is 3.46. The Morgan fingerprint density at radius 1 is 1.27 bits per heavy atom. The first-order valence-corrected chi connectivity index (χ1v) is 5.12. The number of halogens is 2. The second-order valence-corrected chi connectivity index (χ2v) is 3.54. The zero-order valence-corrected chi connectivity index (χ0v) is 8.78. The number of benzene rings is 1. The van der Waals surface area contributed by atoms with Gasteiger partial charge in [0.1, 0.15) is 5.82 Å². The molecule has 0 aliphatic carbocycles. The van der Waals surface area contributed by atoms with Gasteiger partial charge in [0.25, 0.3) is 0 Å². The lowest BCUT2D eigenvalue weighted by molar-refractivity contribution is 0.626. The molecule has 0 unspecified atom stereocenters. The number of hydrogen-bond acceptors (Lipinski definition) is 1. The summed E-state index contributed by atoms with van der Waals surface area (Å²) < 4.78 is 14.6. The van der Waals surface area contributed by atoms with Gasteiger partial charge in [0, 0.05) is 12.7 Å². The van der Waals surface area contributed by atoms with Gasteiger partial charge in [-0.15, -0.1) is 11.6 Å². The van der Waals surface area contributed by atoms with Crippen LogP contribution in [-0.4, -0.2) is 9.55 Å². The minimum atomic E-state index is -0.220. The van der Waals surface area contributed by atoms with Crippen molar-refractivity contribution in [3.05, 3.63) is 53.9 Å². The van der Waals surface area contributed by atoms with Crippen LogP contribution in [0.15, 0.2) is 36.8 Å². The van der Waals surface area contributed by atoms with Gasteiger partial charge in [-0.1, -0.05) is 12.1 Å². The molecule has 1 aromatic carbocycles. The number of rotatable bonds is 3. The highest BCUT2D eigenvalue weighted by atomic mass is 35.5. The summed E-state index contributed by atoms with van der Waals surface area (Å²) in [5.74, 6) is 0.211. The molecule has 1 aromatic heterocycles. The summed E-state index contributed by atoms with van der Waals surface area (Å²) in [4.78, 5) is 4.01. The molecule has 0 N–H and O–H groups in total. The quantitative estimate of drug-likeness (QED) is 0.734. The second kappa shape index (κ2) is 4.45. The molecule has 0 bridgehead atoms. The maximum atomic E-state index is 12.7. The zero-order valence-electron chi connectivity index (χ0n) is 8.03. The Morgan fingerprint density at radius 3 is 2.67 bits per heavy atom. The largest absolute Gasteiger partial charge is 0.329 e. The van der Waals surface area contributed by atoms with Crippen molar-refractivity contribution in [3.8, 4) is 0 Å². The zero-order chi connectivity index (χ0) is 10.7. The summed E-state index contributed by atoms with van der Waals surface area (Å²) in [7, 11) is 0. The minimum Gasteiger partial charge on any atom is -0.329 e. The van der Waals surface area contributed by atoms with Crippen LogP contribution in [0.5, 0.6) is 0 Å². The maximum absolute atomic E-state index is 12.7. The summed E-state index contributed by atoms with van der Waals surface area (Å²) in [5.41, 5.74) is 1.99. The van der Waals surface area contributed by atoms with E-state index < -0.39 is 0 Å². The van der Waals surface area contributed by atoms with Crippen molar-refractivity contribution in [1.29, 1.82) is 0 Å². The topological polar surface area (TPSA) is 17.8 Å². The fraction of sp³-hybridized carbons (Fsp3) is 0.182. The summed E-state index contributed by atoms with van der Waals surface area (Å²) in [6.45, 7) is 0.669. The fourth-order valence-corrected chi connectivity index (χ4v) is 1.61. The van der Waals surface area contributed by atoms with Gasteiger partial charge < -0.3 is 4.57 Å². The SMILES string of the molecule is Fc1ccc(Cn2cncc2CCl)cc1. The van der Waals surface area contributed by atoms with Gasteiger partial charge in [-0.05, 0) is 17.7 Å². The maximum Gasteiger partial charge on any atom is 0.123 e. The predicted octanol–water partition coefficient (Wildman–Crippen LogP) is 2.81. The van der Waals surface area contributed by atoms with E-state index in [4.69, 9.17) is 11.6 Å². The first kappa shape index (κ1) is 10.2. The first-order valence-electron chi connectivity index (χ1n) is 4.59. The van der Waals surface area contributed by atoms with Crippen LogP contribution >= 0.6 is 11.6 Å². The third-order valence-corrected chi connectivity index (χ3v) is 2.48. The highest BCUT2D eigenvalue weighted by Gasteiger charge is 2.01. The fourth-order valence-electron chi connectivity index (χ4n) is 1.39. The summed E-state index contributed by atoms with van der Waals surface area (Å²) >= 11 is 5.74. The van der Waals surface area contributed by atoms with E-state index in [2.05, 4.69) is 4.98 Å². The van der Waals surface area contributed by atoms with E-state index in [1.165, 1.54) is 12.1 Å². The van der Waals surface area contributed by atoms with Crippen molar-refractivity contribution in [3.63, 3.8) is 0 Å². The molecule has 0 radical (unpaired) electrons. The molecule has 1 heterocycles. The Hall–Kier alpha value is -1.35. The van der Waals surface area contributed by atoms with Gasteiger partial charge in [-0.3, -0.25) is 0 Å². The Kier molecular flexibility index (Phi) is 3.02. The van der Waals surface area contributed by atoms with E-state index in [9.17, 15) is 4.39 Å². The van der Waals surface area contributed by atoms with Crippen LogP contribution < -0.4 is 0 Å². The summed E-state index contributed by atoms with van der Waals surface area (Å²) in [6, 6.07) is 6.42. The first-order chi connectivity index (χ1) is 7.29. The Labute approximate surface area is 92.3 Å². The van der Waals surface area contributed by atoms with Crippen molar-refractivity contribution < 1.29 is 4.39 Å². The number of hydrogen-bond donors (Lipinski definition) is 0. The monoisotopic (exact) mass is 224 g/mol. The lowest BCUT2D eigenvalue weighted by Gasteiger charge is -2.05. The lowest BCUT2D eigenvalue weighted by atomic mass is 10.2. The van der Waals surface area contributed by atoms with Crippen LogP contribution in [-0.2, 0) is 12.4 Å². The smallest absolute Gasteiger partial charge is 0.123 e. The Morgan fingerprint density at radius 2 is 2.00 bits per heavy atom. The highest BCUT2D eigenvalue weighted by Crippen LogP contribution is 2.09. The minimum absolute atomic E-state index is 0.220. The predicted molar refractivity (Wildman–Crippen MR) is 57.3 cm³/mol. The number of alkyl halides is 1. The van der Waals surface area contributed by atoms with Crippen molar-refractivity contribution in [2.45, 2.75) is 12.4 Å². The van der Waals surface area contributed by atoms with E-state index in [1.54, 1.807) is 24.7 Å². The molecule has 0 amide bonds. The molecule has 0 spiro atoms. The van der Waals surface area contributed by atoms with Gasteiger partial charge >= 0.3 is 0 Å². The molecule has 4 heteroatoms. The van der Waals surface area contributed by atoms with Crippen LogP contribution in [0.3, 0.4) is 0 Å². The van der Waals surface area contributed by atoms with Crippen LogP contribution in [0.4, 0.5) is 4.39 Å². The normalized spacial score (nSPS) is 10.5. The number of imidazole rings is 1.